The number of ether oxygens (including phenoxy) is 4. The highest BCUT2D eigenvalue weighted by atomic mass is 19.1. The number of carbonyl (C=O) groups excluding carboxylic acids is 2. The van der Waals surface area contributed by atoms with Crippen molar-refractivity contribution in [1.29, 1.82) is 0 Å². The first-order valence-electron chi connectivity index (χ1n) is 11.9. The lowest BCUT2D eigenvalue weighted by molar-refractivity contribution is -0.129. The summed E-state index contributed by atoms with van der Waals surface area (Å²) in [6.45, 7) is 9.07. The van der Waals surface area contributed by atoms with Gasteiger partial charge in [-0.3, -0.25) is 4.79 Å². The number of carbonyl (C=O) groups is 2. The quantitative estimate of drug-likeness (QED) is 0.281. The Kier molecular flexibility index (Phi) is 14.7. The molecule has 0 bridgehead atoms. The zero-order chi connectivity index (χ0) is 24.4. The van der Waals surface area contributed by atoms with Crippen LogP contribution in [0.1, 0.15) is 65.7 Å². The van der Waals surface area contributed by atoms with Gasteiger partial charge in [0.1, 0.15) is 5.60 Å². The van der Waals surface area contributed by atoms with E-state index in [0.29, 0.717) is 78.4 Å². The summed E-state index contributed by atoms with van der Waals surface area (Å²) in [6.07, 6.45) is 4.21. The first kappa shape index (κ1) is 29.1. The maximum Gasteiger partial charge on any atom is 0.407 e. The monoisotopic (exact) mass is 472 g/mol. The standard InChI is InChI=1S/C24H41FN2O6/c1-23(2,3)33-22(29)27-14-10-16-31-18-20-32-19-17-30-15-9-13-26-21(28)24(25)11-7-5-4-6-8-12-24/h4-7,9-11,13-20H2,1-3H3,(H,26,28)(H,27,29). The van der Waals surface area contributed by atoms with Gasteiger partial charge in [-0.25, -0.2) is 9.18 Å². The van der Waals surface area contributed by atoms with E-state index < -0.39 is 23.3 Å². The number of hydrogen-bond donors (Lipinski definition) is 2. The number of alkyl halides is 1. The number of alkyl carbamates (subject to hydrolysis) is 1. The average molecular weight is 473 g/mol. The van der Waals surface area contributed by atoms with E-state index in [9.17, 15) is 14.0 Å². The SMILES string of the molecule is CC(C)(C)OC(=O)NCCCOCCOCCOCCCNC(=O)C1(F)C#CCCCCC1. The molecule has 2 amide bonds. The van der Waals surface area contributed by atoms with Crippen LogP contribution >= 0.6 is 0 Å². The molecule has 190 valence electrons. The fourth-order valence-corrected chi connectivity index (χ4v) is 2.93. The summed E-state index contributed by atoms with van der Waals surface area (Å²) in [7, 11) is 0. The molecule has 8 nitrogen and oxygen atoms in total. The Morgan fingerprint density at radius 1 is 0.879 bits per heavy atom. The Morgan fingerprint density at radius 2 is 1.45 bits per heavy atom. The molecular formula is C24H41FN2O6. The van der Waals surface area contributed by atoms with Crippen LogP contribution in [0, 0.1) is 11.8 Å². The van der Waals surface area contributed by atoms with Crippen LogP contribution in [-0.4, -0.2) is 76.0 Å². The second-order valence-corrected chi connectivity index (χ2v) is 8.89. The maximum absolute atomic E-state index is 14.7. The van der Waals surface area contributed by atoms with Crippen molar-refractivity contribution in [3.63, 3.8) is 0 Å². The smallest absolute Gasteiger partial charge is 0.407 e. The van der Waals surface area contributed by atoms with Gasteiger partial charge in [0, 0.05) is 39.1 Å². The average Bonchev–Trinajstić information content (AvgIpc) is 2.72. The minimum atomic E-state index is -2.06. The number of hydrogen-bond acceptors (Lipinski definition) is 6. The third-order valence-electron chi connectivity index (χ3n) is 4.60. The molecule has 1 unspecified atom stereocenters. The summed E-state index contributed by atoms with van der Waals surface area (Å²) in [5.41, 5.74) is -2.56. The topological polar surface area (TPSA) is 95.1 Å². The van der Waals surface area contributed by atoms with Gasteiger partial charge in [0.15, 0.2) is 0 Å². The van der Waals surface area contributed by atoms with Gasteiger partial charge in [-0.2, -0.15) is 0 Å². The highest BCUT2D eigenvalue weighted by molar-refractivity contribution is 5.88. The van der Waals surface area contributed by atoms with Crippen LogP contribution in [0.25, 0.3) is 0 Å². The van der Waals surface area contributed by atoms with Crippen LogP contribution in [0.15, 0.2) is 0 Å². The lowest BCUT2D eigenvalue weighted by Crippen LogP contribution is -2.43. The van der Waals surface area contributed by atoms with E-state index in [1.165, 1.54) is 0 Å². The molecule has 1 aliphatic rings. The second-order valence-electron chi connectivity index (χ2n) is 8.89. The van der Waals surface area contributed by atoms with Crippen LogP contribution in [0.3, 0.4) is 0 Å². The zero-order valence-electron chi connectivity index (χ0n) is 20.4. The van der Waals surface area contributed by atoms with Crippen LogP contribution in [0.4, 0.5) is 9.18 Å². The molecule has 1 aliphatic carbocycles. The van der Waals surface area contributed by atoms with Crippen molar-refractivity contribution in [2.75, 3.05) is 52.7 Å². The summed E-state index contributed by atoms with van der Waals surface area (Å²) in [4.78, 5) is 23.6. The molecule has 33 heavy (non-hydrogen) atoms. The molecule has 0 aromatic heterocycles. The van der Waals surface area contributed by atoms with E-state index in [-0.39, 0.29) is 6.42 Å². The number of nitrogens with one attached hydrogen (secondary N) is 2. The van der Waals surface area contributed by atoms with Gasteiger partial charge in [0.25, 0.3) is 5.91 Å². The van der Waals surface area contributed by atoms with Crippen molar-refractivity contribution in [1.82, 2.24) is 10.6 Å². The highest BCUT2D eigenvalue weighted by Gasteiger charge is 2.36. The van der Waals surface area contributed by atoms with Crippen molar-refractivity contribution < 1.29 is 32.9 Å². The lowest BCUT2D eigenvalue weighted by atomic mass is 9.94. The first-order chi connectivity index (χ1) is 15.7. The molecule has 0 heterocycles. The molecule has 0 aliphatic heterocycles. The van der Waals surface area contributed by atoms with Crippen molar-refractivity contribution in [3.05, 3.63) is 0 Å². The fraction of sp³-hybridized carbons (Fsp3) is 0.833. The third-order valence-corrected chi connectivity index (χ3v) is 4.60. The predicted octanol–water partition coefficient (Wildman–Crippen LogP) is 3.13. The van der Waals surface area contributed by atoms with E-state index in [1.54, 1.807) is 0 Å². The molecule has 0 saturated carbocycles. The fourth-order valence-electron chi connectivity index (χ4n) is 2.93. The van der Waals surface area contributed by atoms with E-state index in [0.717, 1.165) is 12.8 Å². The molecule has 1 atom stereocenters. The predicted molar refractivity (Wildman–Crippen MR) is 124 cm³/mol. The number of amides is 2. The van der Waals surface area contributed by atoms with Crippen molar-refractivity contribution >= 4 is 12.0 Å². The number of rotatable bonds is 15. The largest absolute Gasteiger partial charge is 0.444 e. The van der Waals surface area contributed by atoms with Crippen LogP contribution in [-0.2, 0) is 23.7 Å². The molecule has 0 aromatic carbocycles. The molecule has 2 N–H and O–H groups in total. The minimum absolute atomic E-state index is 0.159. The molecule has 0 fully saturated rings. The van der Waals surface area contributed by atoms with Crippen LogP contribution in [0.2, 0.25) is 0 Å². The Labute approximate surface area is 197 Å². The van der Waals surface area contributed by atoms with Crippen molar-refractivity contribution in [3.8, 4) is 11.8 Å². The van der Waals surface area contributed by atoms with E-state index >= 15 is 0 Å². The second kappa shape index (κ2) is 16.7. The van der Waals surface area contributed by atoms with Crippen molar-refractivity contribution in [2.45, 2.75) is 77.0 Å². The van der Waals surface area contributed by atoms with Gasteiger partial charge in [0.2, 0.25) is 5.67 Å². The molecule has 1 rings (SSSR count). The summed E-state index contributed by atoms with van der Waals surface area (Å²) >= 11 is 0. The van der Waals surface area contributed by atoms with Gasteiger partial charge in [0.05, 0.1) is 26.4 Å². The normalized spacial score (nSPS) is 18.4. The van der Waals surface area contributed by atoms with Gasteiger partial charge in [-0.15, -0.1) is 0 Å². The maximum atomic E-state index is 14.7. The van der Waals surface area contributed by atoms with Gasteiger partial charge in [-0.05, 0) is 46.5 Å². The molecular weight excluding hydrogens is 431 g/mol. The van der Waals surface area contributed by atoms with Gasteiger partial charge >= 0.3 is 6.09 Å². The Bertz CT molecular complexity index is 629. The molecule has 0 saturated heterocycles. The summed E-state index contributed by atoms with van der Waals surface area (Å²) in [5, 5.41) is 5.29. The van der Waals surface area contributed by atoms with Crippen molar-refractivity contribution in [2.24, 2.45) is 0 Å². The molecule has 0 aromatic rings. The Hall–Kier alpha value is -1.89. The summed E-state index contributed by atoms with van der Waals surface area (Å²) in [6, 6.07) is 0. The Balaban J connectivity index is 1.88. The Morgan fingerprint density at radius 3 is 2.06 bits per heavy atom. The van der Waals surface area contributed by atoms with Gasteiger partial charge < -0.3 is 29.6 Å². The van der Waals surface area contributed by atoms with E-state index in [1.807, 2.05) is 20.8 Å². The highest BCUT2D eigenvalue weighted by Crippen LogP contribution is 2.22. The number of halogens is 1. The molecule has 0 radical (unpaired) electrons. The first-order valence-corrected chi connectivity index (χ1v) is 11.9. The zero-order valence-corrected chi connectivity index (χ0v) is 20.4. The van der Waals surface area contributed by atoms with Gasteiger partial charge in [-0.1, -0.05) is 18.3 Å². The third kappa shape index (κ3) is 15.6. The summed E-state index contributed by atoms with van der Waals surface area (Å²) < 4.78 is 36.1. The van der Waals surface area contributed by atoms with E-state index in [4.69, 9.17) is 18.9 Å². The van der Waals surface area contributed by atoms with Crippen LogP contribution < -0.4 is 10.6 Å². The molecule has 0 spiro atoms. The summed E-state index contributed by atoms with van der Waals surface area (Å²) in [5.74, 6) is 4.63. The lowest BCUT2D eigenvalue weighted by Gasteiger charge is -2.20. The molecule has 9 heteroatoms. The minimum Gasteiger partial charge on any atom is -0.444 e. The van der Waals surface area contributed by atoms with E-state index in [2.05, 4.69) is 22.5 Å². The van der Waals surface area contributed by atoms with Crippen LogP contribution in [0.5, 0.6) is 0 Å².